The fourth-order valence-electron chi connectivity index (χ4n) is 1.82. The van der Waals surface area contributed by atoms with Crippen molar-refractivity contribution in [1.82, 2.24) is 0 Å². The molecule has 1 unspecified atom stereocenters. The van der Waals surface area contributed by atoms with E-state index in [2.05, 4.69) is 5.16 Å². The predicted octanol–water partition coefficient (Wildman–Crippen LogP) is 1.65. The minimum atomic E-state index is -0.265. The van der Waals surface area contributed by atoms with Crippen LogP contribution in [0.4, 0.5) is 0 Å². The van der Waals surface area contributed by atoms with Gasteiger partial charge in [-0.15, -0.1) is 0 Å². The van der Waals surface area contributed by atoms with E-state index < -0.39 is 0 Å². The van der Waals surface area contributed by atoms with Crippen LogP contribution >= 0.6 is 11.6 Å². The molecule has 0 spiro atoms. The monoisotopic (exact) mass is 237 g/mol. The zero-order valence-corrected chi connectivity index (χ0v) is 9.03. The van der Waals surface area contributed by atoms with Crippen molar-refractivity contribution in [2.24, 2.45) is 11.1 Å². The lowest BCUT2D eigenvalue weighted by atomic mass is 9.97. The van der Waals surface area contributed by atoms with Crippen LogP contribution in [0.1, 0.15) is 5.56 Å². The van der Waals surface area contributed by atoms with E-state index in [0.717, 1.165) is 0 Å². The van der Waals surface area contributed by atoms with Gasteiger partial charge in [-0.25, -0.2) is 0 Å². The van der Waals surface area contributed by atoms with Crippen LogP contribution in [0.5, 0.6) is 5.75 Å². The van der Waals surface area contributed by atoms with E-state index >= 15 is 0 Å². The van der Waals surface area contributed by atoms with Crippen LogP contribution < -0.4 is 4.74 Å². The molecule has 1 aromatic rings. The van der Waals surface area contributed by atoms with Gasteiger partial charge >= 0.3 is 0 Å². The summed E-state index contributed by atoms with van der Waals surface area (Å²) in [6.45, 7) is 0.608. The van der Waals surface area contributed by atoms with Crippen LogP contribution in [-0.4, -0.2) is 24.7 Å². The van der Waals surface area contributed by atoms with Crippen LogP contribution in [0.25, 0.3) is 0 Å². The SMILES string of the molecule is O=C1C2=NOCC1COc1ccc(Cl)cc12. The summed E-state index contributed by atoms with van der Waals surface area (Å²) in [5.74, 6) is 0.329. The van der Waals surface area contributed by atoms with E-state index in [0.29, 0.717) is 28.7 Å². The number of ketones is 1. The molecule has 0 radical (unpaired) electrons. The van der Waals surface area contributed by atoms with Crippen molar-refractivity contribution in [1.29, 1.82) is 0 Å². The fraction of sp³-hybridized carbons (Fsp3) is 0.273. The van der Waals surface area contributed by atoms with E-state index in [4.69, 9.17) is 21.2 Å². The second-order valence-electron chi connectivity index (χ2n) is 3.75. The van der Waals surface area contributed by atoms with Gasteiger partial charge in [-0.2, -0.15) is 0 Å². The lowest BCUT2D eigenvalue weighted by Crippen LogP contribution is -2.33. The van der Waals surface area contributed by atoms with Crippen molar-refractivity contribution < 1.29 is 14.4 Å². The molecule has 2 bridgehead atoms. The lowest BCUT2D eigenvalue weighted by molar-refractivity contribution is -0.121. The first-order valence-electron chi connectivity index (χ1n) is 4.92. The number of carbonyl (C=O) groups is 1. The van der Waals surface area contributed by atoms with E-state index in [1.807, 2.05) is 0 Å². The average Bonchev–Trinajstić information content (AvgIpc) is 2.36. The highest BCUT2D eigenvalue weighted by Gasteiger charge is 2.34. The second-order valence-corrected chi connectivity index (χ2v) is 4.18. The molecular weight excluding hydrogens is 230 g/mol. The van der Waals surface area contributed by atoms with Gasteiger partial charge in [0.1, 0.15) is 19.0 Å². The molecule has 2 aliphatic heterocycles. The first-order chi connectivity index (χ1) is 7.75. The molecule has 0 saturated heterocycles. The molecule has 0 aliphatic carbocycles. The Morgan fingerprint density at radius 1 is 1.38 bits per heavy atom. The van der Waals surface area contributed by atoms with Gasteiger partial charge in [0.2, 0.25) is 0 Å². The Morgan fingerprint density at radius 2 is 2.25 bits per heavy atom. The number of halogens is 1. The van der Waals surface area contributed by atoms with Crippen LogP contribution in [0, 0.1) is 5.92 Å². The molecule has 2 heterocycles. The maximum absolute atomic E-state index is 12.0. The summed E-state index contributed by atoms with van der Waals surface area (Å²) in [4.78, 5) is 17.0. The molecule has 16 heavy (non-hydrogen) atoms. The highest BCUT2D eigenvalue weighted by Crippen LogP contribution is 2.29. The number of nitrogens with zero attached hydrogens (tertiary/aromatic N) is 1. The number of fused-ring (bicyclic) bond motifs is 4. The quantitative estimate of drug-likeness (QED) is 0.689. The maximum Gasteiger partial charge on any atom is 0.195 e. The number of ether oxygens (including phenoxy) is 1. The van der Waals surface area contributed by atoms with Gasteiger partial charge in [0.15, 0.2) is 11.5 Å². The van der Waals surface area contributed by atoms with E-state index in [9.17, 15) is 4.79 Å². The molecule has 3 rings (SSSR count). The van der Waals surface area contributed by atoms with Crippen LogP contribution in [-0.2, 0) is 9.63 Å². The molecule has 5 heteroatoms. The van der Waals surface area contributed by atoms with Crippen molar-refractivity contribution in [3.8, 4) is 5.75 Å². The lowest BCUT2D eigenvalue weighted by Gasteiger charge is -2.15. The summed E-state index contributed by atoms with van der Waals surface area (Å²) in [7, 11) is 0. The van der Waals surface area contributed by atoms with Gasteiger partial charge in [-0.05, 0) is 18.2 Å². The molecule has 2 aliphatic rings. The number of rotatable bonds is 0. The normalized spacial score (nSPS) is 22.4. The molecule has 0 fully saturated rings. The number of hydrogen-bond acceptors (Lipinski definition) is 4. The highest BCUT2D eigenvalue weighted by molar-refractivity contribution is 6.48. The molecule has 4 nitrogen and oxygen atoms in total. The van der Waals surface area contributed by atoms with Gasteiger partial charge in [0.05, 0.1) is 11.5 Å². The summed E-state index contributed by atoms with van der Waals surface area (Å²) < 4.78 is 5.55. The Kier molecular flexibility index (Phi) is 2.11. The second kappa shape index (κ2) is 3.49. The zero-order chi connectivity index (χ0) is 11.1. The molecule has 82 valence electrons. The number of benzene rings is 1. The van der Waals surface area contributed by atoms with Gasteiger partial charge < -0.3 is 9.57 Å². The molecular formula is C11H8ClNO3. The zero-order valence-electron chi connectivity index (χ0n) is 8.27. The third kappa shape index (κ3) is 1.38. The average molecular weight is 238 g/mol. The van der Waals surface area contributed by atoms with E-state index in [1.54, 1.807) is 18.2 Å². The molecule has 0 saturated carbocycles. The van der Waals surface area contributed by atoms with Crippen LogP contribution in [0.3, 0.4) is 0 Å². The number of oxime groups is 1. The number of Topliss-reactive ketones (excluding diaryl/α,β-unsaturated/α-hetero) is 1. The Labute approximate surface area is 96.8 Å². The largest absolute Gasteiger partial charge is 0.492 e. The third-order valence-corrected chi connectivity index (χ3v) is 2.91. The Morgan fingerprint density at radius 3 is 3.12 bits per heavy atom. The van der Waals surface area contributed by atoms with Crippen LogP contribution in [0.2, 0.25) is 5.02 Å². The highest BCUT2D eigenvalue weighted by atomic mass is 35.5. The Hall–Kier alpha value is -1.55. The predicted molar refractivity (Wildman–Crippen MR) is 57.9 cm³/mol. The molecule has 0 N–H and O–H groups in total. The van der Waals surface area contributed by atoms with Crippen molar-refractivity contribution in [2.45, 2.75) is 0 Å². The van der Waals surface area contributed by atoms with E-state index in [1.165, 1.54) is 0 Å². The van der Waals surface area contributed by atoms with Crippen molar-refractivity contribution in [3.05, 3.63) is 28.8 Å². The van der Waals surface area contributed by atoms with Gasteiger partial charge in [-0.3, -0.25) is 4.79 Å². The smallest absolute Gasteiger partial charge is 0.195 e. The summed E-state index contributed by atoms with van der Waals surface area (Å²) in [5, 5.41) is 4.34. The first-order valence-corrected chi connectivity index (χ1v) is 5.30. The molecule has 0 aromatic heterocycles. The third-order valence-electron chi connectivity index (χ3n) is 2.67. The summed E-state index contributed by atoms with van der Waals surface area (Å²) >= 11 is 5.89. The molecule has 0 amide bonds. The topological polar surface area (TPSA) is 47.9 Å². The van der Waals surface area contributed by atoms with Crippen molar-refractivity contribution in [2.75, 3.05) is 13.2 Å². The van der Waals surface area contributed by atoms with Gasteiger partial charge in [0.25, 0.3) is 0 Å². The summed E-state index contributed by atoms with van der Waals surface area (Å²) in [5.41, 5.74) is 0.922. The van der Waals surface area contributed by atoms with Crippen molar-refractivity contribution in [3.63, 3.8) is 0 Å². The van der Waals surface area contributed by atoms with E-state index in [-0.39, 0.29) is 18.3 Å². The van der Waals surface area contributed by atoms with Crippen molar-refractivity contribution >= 4 is 23.1 Å². The fourth-order valence-corrected chi connectivity index (χ4v) is 1.99. The Bertz CT molecular complexity index is 498. The molecule has 1 atom stereocenters. The minimum absolute atomic E-state index is 0.0349. The van der Waals surface area contributed by atoms with Gasteiger partial charge in [0, 0.05) is 5.02 Å². The standard InChI is InChI=1S/C11H8ClNO3/c12-7-1-2-9-8(3-7)10-11(14)6(4-15-9)5-16-13-10/h1-3,6H,4-5H2. The Balaban J connectivity index is 2.20. The summed E-state index contributed by atoms with van der Waals surface area (Å²) in [6.07, 6.45) is 0. The van der Waals surface area contributed by atoms with Crippen LogP contribution in [0.15, 0.2) is 23.4 Å². The molecule has 1 aromatic carbocycles. The number of carbonyl (C=O) groups excluding carboxylic acids is 1. The minimum Gasteiger partial charge on any atom is -0.492 e. The number of hydrogen-bond donors (Lipinski definition) is 0. The maximum atomic E-state index is 12.0. The van der Waals surface area contributed by atoms with Gasteiger partial charge in [-0.1, -0.05) is 16.8 Å². The summed E-state index contributed by atoms with van der Waals surface area (Å²) in [6, 6.07) is 5.14. The first kappa shape index (κ1) is 9.66.